The number of ether oxygens (including phenoxy) is 1. The highest BCUT2D eigenvalue weighted by Gasteiger charge is 2.11. The zero-order valence-electron chi connectivity index (χ0n) is 11.7. The summed E-state index contributed by atoms with van der Waals surface area (Å²) in [4.78, 5) is 4.19. The molecule has 1 N–H and O–H groups in total. The molecule has 0 aliphatic heterocycles. The number of rotatable bonds is 8. The molecule has 0 bridgehead atoms. The minimum atomic E-state index is 0.295. The van der Waals surface area contributed by atoms with Crippen molar-refractivity contribution < 1.29 is 4.74 Å². The first-order valence-electron chi connectivity index (χ1n) is 6.63. The van der Waals surface area contributed by atoms with E-state index in [1.807, 2.05) is 19.2 Å². The summed E-state index contributed by atoms with van der Waals surface area (Å²) in [5, 5.41) is 3.34. The number of hydrogen-bond acceptors (Lipinski definition) is 6. The summed E-state index contributed by atoms with van der Waals surface area (Å²) in [7, 11) is 1.98. The smallest absolute Gasteiger partial charge is 0.169 e. The molecule has 0 saturated carbocycles. The third kappa shape index (κ3) is 4.47. The van der Waals surface area contributed by atoms with E-state index in [0.717, 1.165) is 28.9 Å². The molecule has 1 atom stereocenters. The van der Waals surface area contributed by atoms with Crippen molar-refractivity contribution in [3.05, 3.63) is 36.2 Å². The second-order valence-corrected chi connectivity index (χ2v) is 6.32. The van der Waals surface area contributed by atoms with E-state index in [1.165, 1.54) is 17.1 Å². The minimum Gasteiger partial charge on any atom is -0.494 e. The predicted molar refractivity (Wildman–Crippen MR) is 84.7 cm³/mol. The van der Waals surface area contributed by atoms with Gasteiger partial charge in [-0.2, -0.15) is 4.37 Å². The van der Waals surface area contributed by atoms with Crippen LogP contribution in [0.2, 0.25) is 0 Å². The molecule has 0 fully saturated rings. The van der Waals surface area contributed by atoms with Crippen LogP contribution in [-0.4, -0.2) is 28.8 Å². The highest BCUT2D eigenvalue weighted by atomic mass is 32.2. The highest BCUT2D eigenvalue weighted by Crippen LogP contribution is 2.26. The first-order chi connectivity index (χ1) is 9.83. The van der Waals surface area contributed by atoms with Crippen molar-refractivity contribution in [2.45, 2.75) is 23.7 Å². The number of thioether (sulfide) groups is 1. The normalized spacial score (nSPS) is 12.3. The molecule has 2 aromatic rings. The maximum absolute atomic E-state index is 5.60. The monoisotopic (exact) mass is 309 g/mol. The third-order valence-electron chi connectivity index (χ3n) is 2.82. The molecular formula is C14H19N3OS2. The molecule has 0 amide bonds. The number of benzene rings is 1. The lowest BCUT2D eigenvalue weighted by atomic mass is 10.1. The van der Waals surface area contributed by atoms with Crippen molar-refractivity contribution in [1.82, 2.24) is 14.7 Å². The summed E-state index contributed by atoms with van der Waals surface area (Å²) in [6, 6.07) is 8.60. The van der Waals surface area contributed by atoms with Gasteiger partial charge in [0.2, 0.25) is 0 Å². The molecule has 0 radical (unpaired) electrons. The predicted octanol–water partition coefficient (Wildman–Crippen LogP) is 3.38. The van der Waals surface area contributed by atoms with E-state index in [-0.39, 0.29) is 0 Å². The molecule has 20 heavy (non-hydrogen) atoms. The Labute approximate surface area is 128 Å². The van der Waals surface area contributed by atoms with Gasteiger partial charge in [0.1, 0.15) is 12.1 Å². The van der Waals surface area contributed by atoms with Gasteiger partial charge in [0.05, 0.1) is 6.61 Å². The van der Waals surface area contributed by atoms with E-state index < -0.39 is 0 Å². The SMILES string of the molecule is CCCOc1ccc(C(CSc2ncns2)NC)cc1. The zero-order valence-corrected chi connectivity index (χ0v) is 13.3. The van der Waals surface area contributed by atoms with Crippen molar-refractivity contribution in [3.63, 3.8) is 0 Å². The van der Waals surface area contributed by atoms with Gasteiger partial charge < -0.3 is 10.1 Å². The van der Waals surface area contributed by atoms with E-state index >= 15 is 0 Å². The second kappa shape index (κ2) is 8.24. The van der Waals surface area contributed by atoms with Gasteiger partial charge in [0.25, 0.3) is 0 Å². The fourth-order valence-corrected chi connectivity index (χ4v) is 3.36. The Hall–Kier alpha value is -1.11. The first-order valence-corrected chi connectivity index (χ1v) is 8.39. The molecule has 1 heterocycles. The molecule has 4 nitrogen and oxygen atoms in total. The van der Waals surface area contributed by atoms with Crippen molar-refractivity contribution >= 4 is 23.3 Å². The third-order valence-corrected chi connectivity index (χ3v) is 4.71. The van der Waals surface area contributed by atoms with Gasteiger partial charge in [-0.25, -0.2) is 4.98 Å². The molecular weight excluding hydrogens is 290 g/mol. The Kier molecular flexibility index (Phi) is 6.29. The van der Waals surface area contributed by atoms with E-state index in [0.29, 0.717) is 6.04 Å². The fraction of sp³-hybridized carbons (Fsp3) is 0.429. The Morgan fingerprint density at radius 3 is 2.75 bits per heavy atom. The van der Waals surface area contributed by atoms with Crippen LogP contribution in [0.4, 0.5) is 0 Å². The van der Waals surface area contributed by atoms with Crippen LogP contribution < -0.4 is 10.1 Å². The van der Waals surface area contributed by atoms with Crippen LogP contribution in [-0.2, 0) is 0 Å². The summed E-state index contributed by atoms with van der Waals surface area (Å²) in [5.74, 6) is 1.86. The maximum atomic E-state index is 5.60. The Morgan fingerprint density at radius 2 is 2.15 bits per heavy atom. The summed E-state index contributed by atoms with van der Waals surface area (Å²) in [5.41, 5.74) is 1.26. The van der Waals surface area contributed by atoms with E-state index in [9.17, 15) is 0 Å². The van der Waals surface area contributed by atoms with Gasteiger partial charge in [-0.3, -0.25) is 0 Å². The van der Waals surface area contributed by atoms with Crippen molar-refractivity contribution in [3.8, 4) is 5.75 Å². The Bertz CT molecular complexity index is 488. The molecule has 0 aliphatic rings. The van der Waals surface area contributed by atoms with Gasteiger partial charge in [0.15, 0.2) is 4.34 Å². The number of aromatic nitrogens is 2. The molecule has 108 valence electrons. The molecule has 0 spiro atoms. The van der Waals surface area contributed by atoms with Gasteiger partial charge in [0, 0.05) is 11.8 Å². The van der Waals surface area contributed by atoms with Gasteiger partial charge in [-0.15, -0.1) is 0 Å². The summed E-state index contributed by atoms with van der Waals surface area (Å²) >= 11 is 3.16. The molecule has 1 aromatic heterocycles. The lowest BCUT2D eigenvalue weighted by Crippen LogP contribution is -2.18. The van der Waals surface area contributed by atoms with Crippen molar-refractivity contribution in [2.24, 2.45) is 0 Å². The van der Waals surface area contributed by atoms with Crippen LogP contribution in [0.15, 0.2) is 34.9 Å². The summed E-state index contributed by atoms with van der Waals surface area (Å²) in [6.45, 7) is 2.87. The highest BCUT2D eigenvalue weighted by molar-refractivity contribution is 8.00. The van der Waals surface area contributed by atoms with E-state index in [2.05, 4.69) is 33.7 Å². The van der Waals surface area contributed by atoms with Crippen LogP contribution in [0.3, 0.4) is 0 Å². The maximum Gasteiger partial charge on any atom is 0.169 e. The van der Waals surface area contributed by atoms with Crippen molar-refractivity contribution in [2.75, 3.05) is 19.4 Å². The Morgan fingerprint density at radius 1 is 1.35 bits per heavy atom. The lowest BCUT2D eigenvalue weighted by Gasteiger charge is -2.16. The van der Waals surface area contributed by atoms with Crippen LogP contribution in [0.5, 0.6) is 5.75 Å². The zero-order chi connectivity index (χ0) is 14.2. The number of hydrogen-bond donors (Lipinski definition) is 1. The summed E-state index contributed by atoms with van der Waals surface area (Å²) in [6.07, 6.45) is 2.63. The van der Waals surface area contributed by atoms with Gasteiger partial charge >= 0.3 is 0 Å². The minimum absolute atomic E-state index is 0.295. The van der Waals surface area contributed by atoms with Crippen LogP contribution >= 0.6 is 23.3 Å². The Balaban J connectivity index is 1.92. The van der Waals surface area contributed by atoms with Gasteiger partial charge in [-0.1, -0.05) is 30.8 Å². The van der Waals surface area contributed by atoms with E-state index in [1.54, 1.807) is 18.1 Å². The molecule has 0 aliphatic carbocycles. The number of nitrogens with zero attached hydrogens (tertiary/aromatic N) is 2. The van der Waals surface area contributed by atoms with Crippen LogP contribution in [0.1, 0.15) is 24.9 Å². The second-order valence-electron chi connectivity index (χ2n) is 4.28. The average molecular weight is 309 g/mol. The van der Waals surface area contributed by atoms with Gasteiger partial charge in [-0.05, 0) is 42.7 Å². The summed E-state index contributed by atoms with van der Waals surface area (Å²) < 4.78 is 10.6. The van der Waals surface area contributed by atoms with E-state index in [4.69, 9.17) is 4.74 Å². The molecule has 1 unspecified atom stereocenters. The average Bonchev–Trinajstić information content (AvgIpc) is 3.00. The first kappa shape index (κ1) is 15.3. The van der Waals surface area contributed by atoms with Crippen molar-refractivity contribution in [1.29, 1.82) is 0 Å². The fourth-order valence-electron chi connectivity index (χ4n) is 1.74. The van der Waals surface area contributed by atoms with Crippen LogP contribution in [0, 0.1) is 0 Å². The lowest BCUT2D eigenvalue weighted by molar-refractivity contribution is 0.317. The molecule has 2 rings (SSSR count). The molecule has 6 heteroatoms. The quantitative estimate of drug-likeness (QED) is 0.758. The number of nitrogens with one attached hydrogen (secondary N) is 1. The standard InChI is InChI=1S/C14H19N3OS2/c1-3-8-18-12-6-4-11(5-7-12)13(15-2)9-19-14-16-10-17-20-14/h4-7,10,13,15H,3,8-9H2,1-2H3. The molecule has 1 aromatic carbocycles. The largest absolute Gasteiger partial charge is 0.494 e. The molecule has 0 saturated heterocycles. The van der Waals surface area contributed by atoms with Crippen LogP contribution in [0.25, 0.3) is 0 Å². The topological polar surface area (TPSA) is 47.0 Å².